The number of hydrogen-bond acceptors (Lipinski definition) is 5. The maximum Gasteiger partial charge on any atom is 0.245 e. The van der Waals surface area contributed by atoms with Crippen LogP contribution in [0.15, 0.2) is 72.8 Å². The predicted octanol–water partition coefficient (Wildman–Crippen LogP) is 4.59. The van der Waals surface area contributed by atoms with Crippen LogP contribution in [0.2, 0.25) is 5.02 Å². The van der Waals surface area contributed by atoms with Gasteiger partial charge in [0.2, 0.25) is 11.8 Å². The predicted molar refractivity (Wildman–Crippen MR) is 175 cm³/mol. The number of carbonyl (C=O) groups is 2. The number of likely N-dealkylation sites (tertiary alicyclic amines) is 1. The molecular formula is C36H43ClFN5O2. The van der Waals surface area contributed by atoms with Crippen molar-refractivity contribution in [3.8, 4) is 0 Å². The first-order chi connectivity index (χ1) is 21.8. The van der Waals surface area contributed by atoms with Crippen LogP contribution in [0.5, 0.6) is 0 Å². The molecule has 6 rings (SSSR count). The lowest BCUT2D eigenvalue weighted by molar-refractivity contribution is -0.139. The Kier molecular flexibility index (Phi) is 9.85. The summed E-state index contributed by atoms with van der Waals surface area (Å²) in [6.45, 7) is 5.23. The summed E-state index contributed by atoms with van der Waals surface area (Å²) in [5.74, 6) is -0.365. The van der Waals surface area contributed by atoms with Crippen molar-refractivity contribution in [2.24, 2.45) is 0 Å². The van der Waals surface area contributed by atoms with Gasteiger partial charge in [0.15, 0.2) is 0 Å². The van der Waals surface area contributed by atoms with Crippen molar-refractivity contribution < 1.29 is 14.0 Å². The molecular weight excluding hydrogens is 589 g/mol. The second kappa shape index (κ2) is 14.0. The van der Waals surface area contributed by atoms with E-state index in [2.05, 4.69) is 39.6 Å². The summed E-state index contributed by atoms with van der Waals surface area (Å²) in [5.41, 5.74) is 3.90. The molecule has 3 aliphatic heterocycles. The van der Waals surface area contributed by atoms with Gasteiger partial charge in [-0.15, -0.1) is 0 Å². The standard InChI is InChI=1S/C36H43ClFN5O2/c1-41-16-14-36(15-17-41,24-27-6-3-5-9-31(27)38)43-20-18-42(19-21-43)35(45)33(22-26-10-12-29(37)13-11-26)40-34(44)23-32-30-8-4-2-7-28(30)25-39-32/h2-13,32-33,39H,14-25H2,1H3,(H,40,44). The number of halogens is 2. The highest BCUT2D eigenvalue weighted by Crippen LogP contribution is 2.34. The Morgan fingerprint density at radius 1 is 0.956 bits per heavy atom. The van der Waals surface area contributed by atoms with Gasteiger partial charge in [0.1, 0.15) is 11.9 Å². The topological polar surface area (TPSA) is 67.9 Å². The molecule has 2 fully saturated rings. The fourth-order valence-corrected chi connectivity index (χ4v) is 7.44. The van der Waals surface area contributed by atoms with Gasteiger partial charge in [-0.25, -0.2) is 4.39 Å². The van der Waals surface area contributed by atoms with Crippen molar-refractivity contribution in [1.82, 2.24) is 25.3 Å². The first kappa shape index (κ1) is 31.7. The molecule has 3 aromatic carbocycles. The van der Waals surface area contributed by atoms with Gasteiger partial charge in [-0.05, 0) is 79.9 Å². The number of nitrogens with one attached hydrogen (secondary N) is 2. The number of benzene rings is 3. The van der Waals surface area contributed by atoms with Gasteiger partial charge in [0.05, 0.1) is 0 Å². The molecule has 0 saturated carbocycles. The average Bonchev–Trinajstić information content (AvgIpc) is 3.46. The van der Waals surface area contributed by atoms with Crippen molar-refractivity contribution in [3.63, 3.8) is 0 Å². The molecule has 2 saturated heterocycles. The molecule has 0 spiro atoms. The van der Waals surface area contributed by atoms with E-state index < -0.39 is 6.04 Å². The van der Waals surface area contributed by atoms with Crippen molar-refractivity contribution in [2.75, 3.05) is 46.3 Å². The number of carbonyl (C=O) groups excluding carboxylic acids is 2. The van der Waals surface area contributed by atoms with Crippen molar-refractivity contribution in [3.05, 3.63) is 106 Å². The van der Waals surface area contributed by atoms with Crippen molar-refractivity contribution >= 4 is 23.4 Å². The van der Waals surface area contributed by atoms with Gasteiger partial charge in [-0.3, -0.25) is 14.5 Å². The van der Waals surface area contributed by atoms with Gasteiger partial charge in [-0.1, -0.05) is 66.2 Å². The van der Waals surface area contributed by atoms with Crippen LogP contribution in [-0.4, -0.2) is 84.4 Å². The molecule has 45 heavy (non-hydrogen) atoms. The zero-order chi connectivity index (χ0) is 31.4. The van der Waals surface area contributed by atoms with Crippen molar-refractivity contribution in [1.29, 1.82) is 0 Å². The second-order valence-corrected chi connectivity index (χ2v) is 13.3. The molecule has 2 unspecified atom stereocenters. The summed E-state index contributed by atoms with van der Waals surface area (Å²) in [5, 5.41) is 7.16. The van der Waals surface area contributed by atoms with E-state index in [1.165, 1.54) is 5.56 Å². The quantitative estimate of drug-likeness (QED) is 0.362. The molecule has 0 bridgehead atoms. The number of amides is 2. The molecule has 7 nitrogen and oxygen atoms in total. The van der Waals surface area contributed by atoms with E-state index in [9.17, 15) is 14.0 Å². The third-order valence-corrected chi connectivity index (χ3v) is 10.3. The van der Waals surface area contributed by atoms with E-state index in [0.717, 1.165) is 49.2 Å². The van der Waals surface area contributed by atoms with Crippen LogP contribution in [0, 0.1) is 5.82 Å². The second-order valence-electron chi connectivity index (χ2n) is 12.9. The molecule has 2 N–H and O–H groups in total. The van der Waals surface area contributed by atoms with E-state index in [1.54, 1.807) is 12.1 Å². The molecule has 238 valence electrons. The number of hydrogen-bond donors (Lipinski definition) is 2. The number of rotatable bonds is 9. The fourth-order valence-electron chi connectivity index (χ4n) is 7.31. The minimum Gasteiger partial charge on any atom is -0.344 e. The lowest BCUT2D eigenvalue weighted by Crippen LogP contribution is -2.63. The monoisotopic (exact) mass is 631 g/mol. The maximum absolute atomic E-state index is 14.8. The zero-order valence-corrected chi connectivity index (χ0v) is 26.7. The molecule has 0 aliphatic carbocycles. The van der Waals surface area contributed by atoms with Crippen LogP contribution in [0.3, 0.4) is 0 Å². The SMILES string of the molecule is CN1CCC(Cc2ccccc2F)(N2CCN(C(=O)C(Cc3ccc(Cl)cc3)NC(=O)CC3NCc4ccccc43)CC2)CC1. The minimum atomic E-state index is -0.683. The Morgan fingerprint density at radius 3 is 2.38 bits per heavy atom. The normalized spacial score (nSPS) is 20.9. The van der Waals surface area contributed by atoms with Crippen LogP contribution in [0.25, 0.3) is 0 Å². The van der Waals surface area contributed by atoms with Gasteiger partial charge < -0.3 is 20.4 Å². The van der Waals surface area contributed by atoms with E-state index in [0.29, 0.717) is 44.0 Å². The van der Waals surface area contributed by atoms with E-state index >= 15 is 0 Å². The lowest BCUT2D eigenvalue weighted by atomic mass is 9.79. The van der Waals surface area contributed by atoms with Crippen LogP contribution < -0.4 is 10.6 Å². The van der Waals surface area contributed by atoms with Gasteiger partial charge in [-0.2, -0.15) is 0 Å². The number of piperidine rings is 1. The molecule has 0 aromatic heterocycles. The third kappa shape index (κ3) is 7.41. The van der Waals surface area contributed by atoms with Gasteiger partial charge in [0, 0.05) is 62.2 Å². The van der Waals surface area contributed by atoms with E-state index in [-0.39, 0.29) is 35.6 Å². The van der Waals surface area contributed by atoms with Crippen molar-refractivity contribution in [2.45, 2.75) is 56.3 Å². The van der Waals surface area contributed by atoms with Crippen LogP contribution >= 0.6 is 11.6 Å². The Bertz CT molecular complexity index is 1480. The maximum atomic E-state index is 14.8. The summed E-state index contributed by atoms with van der Waals surface area (Å²) >= 11 is 6.13. The highest BCUT2D eigenvalue weighted by atomic mass is 35.5. The highest BCUT2D eigenvalue weighted by molar-refractivity contribution is 6.30. The van der Waals surface area contributed by atoms with Crippen LogP contribution in [0.1, 0.15) is 47.6 Å². The first-order valence-corrected chi connectivity index (χ1v) is 16.5. The summed E-state index contributed by atoms with van der Waals surface area (Å²) in [4.78, 5) is 34.2. The number of piperazine rings is 1. The Balaban J connectivity index is 1.14. The summed E-state index contributed by atoms with van der Waals surface area (Å²) in [7, 11) is 2.14. The fraction of sp³-hybridized carbons (Fsp3) is 0.444. The van der Waals surface area contributed by atoms with Crippen LogP contribution in [-0.2, 0) is 29.0 Å². The lowest BCUT2D eigenvalue weighted by Gasteiger charge is -2.51. The highest BCUT2D eigenvalue weighted by Gasteiger charge is 2.42. The van der Waals surface area contributed by atoms with Gasteiger partial charge >= 0.3 is 0 Å². The van der Waals surface area contributed by atoms with E-state index in [4.69, 9.17) is 11.6 Å². The number of nitrogens with zero attached hydrogens (tertiary/aromatic N) is 3. The van der Waals surface area contributed by atoms with Crippen LogP contribution in [0.4, 0.5) is 4.39 Å². The third-order valence-electron chi connectivity index (χ3n) is 10.0. The molecule has 2 amide bonds. The molecule has 3 heterocycles. The number of fused-ring (bicyclic) bond motifs is 1. The Labute approximate surface area is 270 Å². The molecule has 3 aliphatic rings. The Morgan fingerprint density at radius 2 is 1.64 bits per heavy atom. The first-order valence-electron chi connectivity index (χ1n) is 16.1. The molecule has 9 heteroatoms. The summed E-state index contributed by atoms with van der Waals surface area (Å²) in [6.07, 6.45) is 3.23. The summed E-state index contributed by atoms with van der Waals surface area (Å²) in [6, 6.07) is 21.9. The average molecular weight is 632 g/mol. The molecule has 0 radical (unpaired) electrons. The van der Waals surface area contributed by atoms with Gasteiger partial charge in [0.25, 0.3) is 0 Å². The van der Waals surface area contributed by atoms with E-state index in [1.807, 2.05) is 53.4 Å². The smallest absolute Gasteiger partial charge is 0.245 e. The largest absolute Gasteiger partial charge is 0.344 e. The molecule has 3 aromatic rings. The zero-order valence-electron chi connectivity index (χ0n) is 26.0. The Hall–Kier alpha value is -3.30. The minimum absolute atomic E-state index is 0.0655. The molecule has 2 atom stereocenters. The summed E-state index contributed by atoms with van der Waals surface area (Å²) < 4.78 is 14.8.